The summed E-state index contributed by atoms with van der Waals surface area (Å²) in [5.74, 6) is 0.00523. The maximum atomic E-state index is 12.6. The number of halogens is 1. The van der Waals surface area contributed by atoms with E-state index in [9.17, 15) is 4.79 Å². The van der Waals surface area contributed by atoms with Crippen molar-refractivity contribution in [3.8, 4) is 11.4 Å². The van der Waals surface area contributed by atoms with Gasteiger partial charge in [0.05, 0.1) is 16.9 Å². The number of hydrogen-bond donors (Lipinski definition) is 2. The molecule has 5 aromatic rings. The van der Waals surface area contributed by atoms with Gasteiger partial charge in [0.2, 0.25) is 5.91 Å². The summed E-state index contributed by atoms with van der Waals surface area (Å²) >= 11 is 6.02. The average molecular weight is 454 g/mol. The zero-order valence-corrected chi connectivity index (χ0v) is 19.1. The van der Waals surface area contributed by atoms with Gasteiger partial charge in [-0.25, -0.2) is 4.98 Å². The van der Waals surface area contributed by atoms with Gasteiger partial charge in [0.1, 0.15) is 0 Å². The van der Waals surface area contributed by atoms with Crippen molar-refractivity contribution in [3.05, 3.63) is 95.0 Å². The van der Waals surface area contributed by atoms with E-state index in [1.165, 1.54) is 10.9 Å². The molecule has 0 unspecified atom stereocenters. The summed E-state index contributed by atoms with van der Waals surface area (Å²) < 4.78 is 0. The van der Waals surface area contributed by atoms with Crippen LogP contribution in [0.15, 0.2) is 78.9 Å². The number of aromatic amines is 1. The van der Waals surface area contributed by atoms with E-state index in [2.05, 4.69) is 40.6 Å². The number of carbonyl (C=O) groups is 1. The van der Waals surface area contributed by atoms with E-state index in [1.807, 2.05) is 49.4 Å². The van der Waals surface area contributed by atoms with Crippen LogP contribution in [0.25, 0.3) is 33.2 Å². The maximum Gasteiger partial charge on any atom is 0.224 e. The second-order valence-corrected chi connectivity index (χ2v) is 8.71. The Labute approximate surface area is 197 Å². The van der Waals surface area contributed by atoms with E-state index in [4.69, 9.17) is 16.6 Å². The number of pyridine rings is 1. The molecule has 0 fully saturated rings. The van der Waals surface area contributed by atoms with Crippen molar-refractivity contribution in [2.45, 2.75) is 26.2 Å². The fraction of sp³-hybridized carbons (Fsp3) is 0.143. The van der Waals surface area contributed by atoms with Crippen LogP contribution in [-0.4, -0.2) is 15.9 Å². The summed E-state index contributed by atoms with van der Waals surface area (Å²) in [6.07, 6.45) is 1.95. The highest BCUT2D eigenvalue weighted by Crippen LogP contribution is 2.31. The summed E-state index contributed by atoms with van der Waals surface area (Å²) in [4.78, 5) is 21.0. The predicted octanol–water partition coefficient (Wildman–Crippen LogP) is 7.31. The number of rotatable bonds is 6. The Bertz CT molecular complexity index is 1470. The molecule has 0 saturated carbocycles. The standard InChI is InChI=1S/C28H24ClN3O/c1-18-17-20(29)14-16-23(18)31-27(33)12-6-9-22-21-8-3-5-11-25(21)32-28(22)26-15-13-19-7-2-4-10-24(19)30-26/h2-5,7-8,10-11,13-17,32H,6,9,12H2,1H3,(H,31,33). The van der Waals surface area contributed by atoms with Gasteiger partial charge in [-0.2, -0.15) is 0 Å². The molecule has 0 radical (unpaired) electrons. The average Bonchev–Trinajstić information content (AvgIpc) is 3.19. The molecule has 0 atom stereocenters. The summed E-state index contributed by atoms with van der Waals surface area (Å²) in [5, 5.41) is 5.97. The molecular formula is C28H24ClN3O. The lowest BCUT2D eigenvalue weighted by atomic mass is 10.0. The minimum absolute atomic E-state index is 0.00523. The predicted molar refractivity (Wildman–Crippen MR) is 137 cm³/mol. The Morgan fingerprint density at radius 1 is 1.00 bits per heavy atom. The molecule has 2 aromatic heterocycles. The Hall–Kier alpha value is -3.63. The minimum atomic E-state index is 0.00523. The number of aromatic nitrogens is 2. The smallest absolute Gasteiger partial charge is 0.224 e. The zero-order valence-electron chi connectivity index (χ0n) is 18.4. The topological polar surface area (TPSA) is 57.8 Å². The summed E-state index contributed by atoms with van der Waals surface area (Å²) in [6, 6.07) is 26.1. The first kappa shape index (κ1) is 21.2. The highest BCUT2D eigenvalue weighted by atomic mass is 35.5. The zero-order chi connectivity index (χ0) is 22.8. The van der Waals surface area contributed by atoms with E-state index in [1.54, 1.807) is 6.07 Å². The van der Waals surface area contributed by atoms with Gasteiger partial charge in [-0.1, -0.05) is 54.1 Å². The molecule has 0 spiro atoms. The molecule has 33 heavy (non-hydrogen) atoms. The number of para-hydroxylation sites is 2. The van der Waals surface area contributed by atoms with Crippen LogP contribution in [0.2, 0.25) is 5.02 Å². The molecule has 3 aromatic carbocycles. The van der Waals surface area contributed by atoms with Crippen LogP contribution in [-0.2, 0) is 11.2 Å². The molecule has 5 rings (SSSR count). The number of H-pyrrole nitrogens is 1. The molecule has 0 saturated heterocycles. The number of anilines is 1. The largest absolute Gasteiger partial charge is 0.353 e. The van der Waals surface area contributed by atoms with E-state index >= 15 is 0 Å². The van der Waals surface area contributed by atoms with Crippen LogP contribution in [0.5, 0.6) is 0 Å². The lowest BCUT2D eigenvalue weighted by Gasteiger charge is -2.09. The third-order valence-corrected chi connectivity index (χ3v) is 6.20. The molecule has 164 valence electrons. The van der Waals surface area contributed by atoms with E-state index in [0.717, 1.165) is 51.9 Å². The fourth-order valence-electron chi connectivity index (χ4n) is 4.29. The Kier molecular flexibility index (Phi) is 5.84. The summed E-state index contributed by atoms with van der Waals surface area (Å²) in [7, 11) is 0. The van der Waals surface area contributed by atoms with Crippen molar-refractivity contribution >= 4 is 45.0 Å². The van der Waals surface area contributed by atoms with Gasteiger partial charge in [-0.3, -0.25) is 4.79 Å². The van der Waals surface area contributed by atoms with Gasteiger partial charge in [-0.05, 0) is 67.3 Å². The van der Waals surface area contributed by atoms with Crippen molar-refractivity contribution in [2.75, 3.05) is 5.32 Å². The van der Waals surface area contributed by atoms with Crippen LogP contribution < -0.4 is 5.32 Å². The molecular weight excluding hydrogens is 430 g/mol. The lowest BCUT2D eigenvalue weighted by molar-refractivity contribution is -0.116. The van der Waals surface area contributed by atoms with Crippen LogP contribution in [0.4, 0.5) is 5.69 Å². The van der Waals surface area contributed by atoms with Crippen molar-refractivity contribution in [2.24, 2.45) is 0 Å². The second-order valence-electron chi connectivity index (χ2n) is 8.27. The van der Waals surface area contributed by atoms with Gasteiger partial charge >= 0.3 is 0 Å². The maximum absolute atomic E-state index is 12.6. The van der Waals surface area contributed by atoms with E-state index in [0.29, 0.717) is 11.4 Å². The monoisotopic (exact) mass is 453 g/mol. The van der Waals surface area contributed by atoms with Gasteiger partial charge < -0.3 is 10.3 Å². The van der Waals surface area contributed by atoms with Gasteiger partial charge in [0.15, 0.2) is 0 Å². The first-order valence-corrected chi connectivity index (χ1v) is 11.5. The summed E-state index contributed by atoms with van der Waals surface area (Å²) in [6.45, 7) is 1.94. The van der Waals surface area contributed by atoms with Gasteiger partial charge in [0.25, 0.3) is 0 Å². The number of benzene rings is 3. The number of nitrogens with zero attached hydrogens (tertiary/aromatic N) is 1. The van der Waals surface area contributed by atoms with Gasteiger partial charge in [0, 0.05) is 33.4 Å². The molecule has 1 amide bonds. The van der Waals surface area contributed by atoms with Crippen LogP contribution in [0.1, 0.15) is 24.0 Å². The molecule has 2 heterocycles. The van der Waals surface area contributed by atoms with E-state index < -0.39 is 0 Å². The van der Waals surface area contributed by atoms with Crippen molar-refractivity contribution in [1.82, 2.24) is 9.97 Å². The normalized spacial score (nSPS) is 11.2. The Balaban J connectivity index is 1.37. The number of carbonyl (C=O) groups excluding carboxylic acids is 1. The fourth-order valence-corrected chi connectivity index (χ4v) is 4.52. The Morgan fingerprint density at radius 3 is 2.70 bits per heavy atom. The van der Waals surface area contributed by atoms with Crippen molar-refractivity contribution in [3.63, 3.8) is 0 Å². The molecule has 0 bridgehead atoms. The lowest BCUT2D eigenvalue weighted by Crippen LogP contribution is -2.12. The Morgan fingerprint density at radius 2 is 1.82 bits per heavy atom. The minimum Gasteiger partial charge on any atom is -0.353 e. The van der Waals surface area contributed by atoms with Gasteiger partial charge in [-0.15, -0.1) is 0 Å². The van der Waals surface area contributed by atoms with E-state index in [-0.39, 0.29) is 5.91 Å². The first-order valence-electron chi connectivity index (χ1n) is 11.1. The third-order valence-electron chi connectivity index (χ3n) is 5.96. The molecule has 0 aliphatic carbocycles. The van der Waals surface area contributed by atoms with Crippen molar-refractivity contribution in [1.29, 1.82) is 0 Å². The molecule has 0 aliphatic rings. The summed E-state index contributed by atoms with van der Waals surface area (Å²) in [5.41, 5.74) is 6.95. The number of hydrogen-bond acceptors (Lipinski definition) is 2. The van der Waals surface area contributed by atoms with Crippen LogP contribution in [0, 0.1) is 6.92 Å². The van der Waals surface area contributed by atoms with Crippen molar-refractivity contribution < 1.29 is 4.79 Å². The molecule has 4 nitrogen and oxygen atoms in total. The first-order chi connectivity index (χ1) is 16.1. The number of nitrogens with one attached hydrogen (secondary N) is 2. The molecule has 2 N–H and O–H groups in total. The quantitative estimate of drug-likeness (QED) is 0.283. The second kappa shape index (κ2) is 9.08. The SMILES string of the molecule is Cc1cc(Cl)ccc1NC(=O)CCCc1c(-c2ccc3ccccc3n2)[nH]c2ccccc12. The third kappa shape index (κ3) is 4.48. The van der Waals surface area contributed by atoms with Crippen LogP contribution in [0.3, 0.4) is 0 Å². The highest BCUT2D eigenvalue weighted by Gasteiger charge is 2.15. The van der Waals surface area contributed by atoms with Crippen LogP contribution >= 0.6 is 11.6 Å². The number of fused-ring (bicyclic) bond motifs is 2. The highest BCUT2D eigenvalue weighted by molar-refractivity contribution is 6.30. The molecule has 5 heteroatoms. The molecule has 0 aliphatic heterocycles. The number of aryl methyl sites for hydroxylation is 2. The number of amides is 1.